The average molecular weight is 388 g/mol. The van der Waals surface area contributed by atoms with Gasteiger partial charge in [-0.1, -0.05) is 26.0 Å². The largest absolute Gasteiger partial charge is 0.462 e. The Hall–Kier alpha value is -2.21. The van der Waals surface area contributed by atoms with Crippen LogP contribution in [-0.4, -0.2) is 24.6 Å². The standard InChI is InChI=1S/C21H25NO4S/c1-5-25-20(24)18-16(12-6-8-13(27-4)9-7-12)17-14(23)10-21(2,3)11-15(17)26-19(18)22/h6-9,16H,5,10-11,22H2,1-4H3/t16-/m1/s1. The number of esters is 1. The molecule has 1 heterocycles. The normalized spacial score (nSPS) is 21.6. The van der Waals surface area contributed by atoms with Crippen LogP contribution in [0.1, 0.15) is 45.1 Å². The van der Waals surface area contributed by atoms with E-state index in [0.717, 1.165) is 10.5 Å². The Kier molecular flexibility index (Phi) is 5.38. The van der Waals surface area contributed by atoms with Gasteiger partial charge in [-0.05, 0) is 36.3 Å². The first-order chi connectivity index (χ1) is 12.8. The number of benzene rings is 1. The molecule has 0 bridgehead atoms. The molecule has 1 aromatic carbocycles. The zero-order valence-electron chi connectivity index (χ0n) is 16.1. The molecular weight excluding hydrogens is 362 g/mol. The topological polar surface area (TPSA) is 78.6 Å². The fourth-order valence-corrected chi connectivity index (χ4v) is 4.13. The molecule has 2 aliphatic rings. The van der Waals surface area contributed by atoms with Gasteiger partial charge in [0.1, 0.15) is 11.3 Å². The van der Waals surface area contributed by atoms with Crippen LogP contribution in [-0.2, 0) is 19.1 Å². The monoisotopic (exact) mass is 387 g/mol. The van der Waals surface area contributed by atoms with E-state index in [1.165, 1.54) is 0 Å². The fraction of sp³-hybridized carbons (Fsp3) is 0.429. The number of hydrogen-bond acceptors (Lipinski definition) is 6. The minimum Gasteiger partial charge on any atom is -0.462 e. The number of ether oxygens (including phenoxy) is 2. The van der Waals surface area contributed by atoms with Gasteiger partial charge in [-0.25, -0.2) is 4.79 Å². The van der Waals surface area contributed by atoms with Gasteiger partial charge >= 0.3 is 5.97 Å². The van der Waals surface area contributed by atoms with Crippen LogP contribution in [0.25, 0.3) is 0 Å². The summed E-state index contributed by atoms with van der Waals surface area (Å²) in [5.41, 5.74) is 7.51. The molecule has 0 fully saturated rings. The lowest BCUT2D eigenvalue weighted by Gasteiger charge is -2.38. The lowest BCUT2D eigenvalue weighted by Crippen LogP contribution is -2.35. The van der Waals surface area contributed by atoms with Crippen molar-refractivity contribution < 1.29 is 19.1 Å². The number of carbonyl (C=O) groups is 2. The molecular formula is C21H25NO4S. The molecule has 1 atom stereocenters. The van der Waals surface area contributed by atoms with E-state index in [-0.39, 0.29) is 29.3 Å². The van der Waals surface area contributed by atoms with E-state index in [9.17, 15) is 9.59 Å². The van der Waals surface area contributed by atoms with Gasteiger partial charge in [0.05, 0.1) is 12.5 Å². The Morgan fingerprint density at radius 1 is 1.30 bits per heavy atom. The van der Waals surface area contributed by atoms with Crippen LogP contribution in [0.4, 0.5) is 0 Å². The van der Waals surface area contributed by atoms with Gasteiger partial charge in [0, 0.05) is 23.3 Å². The summed E-state index contributed by atoms with van der Waals surface area (Å²) in [5, 5.41) is 0. The van der Waals surface area contributed by atoms with Crippen LogP contribution in [0.15, 0.2) is 51.9 Å². The lowest BCUT2D eigenvalue weighted by atomic mass is 9.70. The second kappa shape index (κ2) is 7.43. The van der Waals surface area contributed by atoms with E-state index in [4.69, 9.17) is 15.2 Å². The molecule has 6 heteroatoms. The molecule has 27 heavy (non-hydrogen) atoms. The van der Waals surface area contributed by atoms with Crippen molar-refractivity contribution in [3.63, 3.8) is 0 Å². The molecule has 0 saturated carbocycles. The van der Waals surface area contributed by atoms with E-state index in [1.54, 1.807) is 18.7 Å². The molecule has 2 N–H and O–H groups in total. The summed E-state index contributed by atoms with van der Waals surface area (Å²) in [7, 11) is 0. The van der Waals surface area contributed by atoms with Crippen molar-refractivity contribution in [1.82, 2.24) is 0 Å². The summed E-state index contributed by atoms with van der Waals surface area (Å²) < 4.78 is 11.0. The van der Waals surface area contributed by atoms with Gasteiger partial charge in [0.2, 0.25) is 5.88 Å². The van der Waals surface area contributed by atoms with E-state index in [1.807, 2.05) is 44.4 Å². The first-order valence-electron chi connectivity index (χ1n) is 9.02. The number of hydrogen-bond donors (Lipinski definition) is 1. The summed E-state index contributed by atoms with van der Waals surface area (Å²) in [5.74, 6) is -0.516. The van der Waals surface area contributed by atoms with Gasteiger partial charge in [-0.15, -0.1) is 11.8 Å². The van der Waals surface area contributed by atoms with Crippen LogP contribution < -0.4 is 5.73 Å². The first kappa shape index (κ1) is 19.5. The van der Waals surface area contributed by atoms with Gasteiger partial charge < -0.3 is 15.2 Å². The predicted molar refractivity (Wildman–Crippen MR) is 105 cm³/mol. The second-order valence-corrected chi connectivity index (χ2v) is 8.46. The van der Waals surface area contributed by atoms with Crippen LogP contribution in [0.2, 0.25) is 0 Å². The van der Waals surface area contributed by atoms with E-state index < -0.39 is 11.9 Å². The quantitative estimate of drug-likeness (QED) is 0.624. The molecule has 0 saturated heterocycles. The van der Waals surface area contributed by atoms with Gasteiger partial charge in [-0.3, -0.25) is 4.79 Å². The highest BCUT2D eigenvalue weighted by atomic mass is 32.2. The molecule has 3 rings (SSSR count). The highest BCUT2D eigenvalue weighted by Gasteiger charge is 2.44. The van der Waals surface area contributed by atoms with Crippen molar-refractivity contribution in [3.05, 3.63) is 52.6 Å². The van der Waals surface area contributed by atoms with E-state index in [0.29, 0.717) is 24.2 Å². The van der Waals surface area contributed by atoms with Gasteiger partial charge in [-0.2, -0.15) is 0 Å². The molecule has 0 unspecified atom stereocenters. The number of rotatable bonds is 4. The summed E-state index contributed by atoms with van der Waals surface area (Å²) in [4.78, 5) is 26.8. The van der Waals surface area contributed by atoms with Crippen molar-refractivity contribution in [1.29, 1.82) is 0 Å². The third-order valence-electron chi connectivity index (χ3n) is 4.90. The molecule has 0 spiro atoms. The van der Waals surface area contributed by atoms with Crippen molar-refractivity contribution in [2.24, 2.45) is 11.1 Å². The Labute approximate surface area is 164 Å². The summed E-state index contributed by atoms with van der Waals surface area (Å²) >= 11 is 1.63. The number of nitrogens with two attached hydrogens (primary N) is 1. The molecule has 1 aromatic rings. The maximum atomic E-state index is 13.0. The summed E-state index contributed by atoms with van der Waals surface area (Å²) in [6.45, 7) is 6.02. The zero-order chi connectivity index (χ0) is 19.8. The molecule has 144 valence electrons. The third-order valence-corrected chi connectivity index (χ3v) is 5.64. The SMILES string of the molecule is CCOC(=O)C1=C(N)OC2=C(C(=O)CC(C)(C)C2)[C@H]1c1ccc(SC)cc1. The van der Waals surface area contributed by atoms with E-state index >= 15 is 0 Å². The Morgan fingerprint density at radius 2 is 1.96 bits per heavy atom. The fourth-order valence-electron chi connectivity index (χ4n) is 3.72. The van der Waals surface area contributed by atoms with Gasteiger partial charge in [0.15, 0.2) is 5.78 Å². The molecule has 0 amide bonds. The number of thioether (sulfide) groups is 1. The minimum absolute atomic E-state index is 0.00510. The predicted octanol–water partition coefficient (Wildman–Crippen LogP) is 3.90. The van der Waals surface area contributed by atoms with Crippen molar-refractivity contribution in [2.45, 2.75) is 44.4 Å². The van der Waals surface area contributed by atoms with Crippen molar-refractivity contribution in [3.8, 4) is 0 Å². The molecule has 5 nitrogen and oxygen atoms in total. The molecule has 1 aliphatic heterocycles. The number of ketones is 1. The van der Waals surface area contributed by atoms with E-state index in [2.05, 4.69) is 0 Å². The van der Waals surface area contributed by atoms with Gasteiger partial charge in [0.25, 0.3) is 0 Å². The number of carbonyl (C=O) groups excluding carboxylic acids is 2. The van der Waals surface area contributed by atoms with Crippen LogP contribution in [0, 0.1) is 5.41 Å². The smallest absolute Gasteiger partial charge is 0.340 e. The molecule has 1 aliphatic carbocycles. The van der Waals surface area contributed by atoms with Crippen LogP contribution in [0.5, 0.6) is 0 Å². The van der Waals surface area contributed by atoms with Crippen molar-refractivity contribution >= 4 is 23.5 Å². The lowest BCUT2D eigenvalue weighted by molar-refractivity contribution is -0.139. The Balaban J connectivity index is 2.15. The van der Waals surface area contributed by atoms with Crippen LogP contribution >= 0.6 is 11.8 Å². The summed E-state index contributed by atoms with van der Waals surface area (Å²) in [6.07, 6.45) is 3.01. The van der Waals surface area contributed by atoms with Crippen molar-refractivity contribution in [2.75, 3.05) is 12.9 Å². The Bertz CT molecular complexity index is 836. The second-order valence-electron chi connectivity index (χ2n) is 7.58. The molecule has 0 radical (unpaired) electrons. The molecule has 0 aromatic heterocycles. The summed E-state index contributed by atoms with van der Waals surface area (Å²) in [6, 6.07) is 7.83. The highest BCUT2D eigenvalue weighted by Crippen LogP contribution is 2.48. The first-order valence-corrected chi connectivity index (χ1v) is 10.2. The average Bonchev–Trinajstić information content (AvgIpc) is 2.59. The third kappa shape index (κ3) is 3.76. The zero-order valence-corrected chi connectivity index (χ0v) is 16.9. The highest BCUT2D eigenvalue weighted by molar-refractivity contribution is 7.98. The van der Waals surface area contributed by atoms with Crippen LogP contribution in [0.3, 0.4) is 0 Å². The minimum atomic E-state index is -0.563. The Morgan fingerprint density at radius 3 is 2.56 bits per heavy atom. The number of Topliss-reactive ketones (excluding diaryl/α,β-unsaturated/α-hetero) is 1. The number of allylic oxidation sites excluding steroid dienone is 2. The maximum Gasteiger partial charge on any atom is 0.340 e. The maximum absolute atomic E-state index is 13.0.